The fraction of sp³-hybridized carbons (Fsp3) is 0.143. The Balaban J connectivity index is 1.97. The van der Waals surface area contributed by atoms with E-state index in [0.717, 1.165) is 10.7 Å². The van der Waals surface area contributed by atoms with Crippen molar-refractivity contribution in [2.45, 2.75) is 13.5 Å². The Morgan fingerprint density at radius 1 is 1.16 bits per heavy atom. The number of carbonyl (C=O) groups excluding carboxylic acids is 2. The summed E-state index contributed by atoms with van der Waals surface area (Å²) in [6.07, 6.45) is 0. The predicted octanol–water partition coefficient (Wildman–Crippen LogP) is 1.97. The van der Waals surface area contributed by atoms with Crippen LogP contribution in [0.2, 0.25) is 0 Å². The molecule has 1 aliphatic heterocycles. The fourth-order valence-corrected chi connectivity index (χ4v) is 2.23. The van der Waals surface area contributed by atoms with Gasteiger partial charge in [-0.2, -0.15) is 0 Å². The topological polar surface area (TPSA) is 76.5 Å². The summed E-state index contributed by atoms with van der Waals surface area (Å²) in [7, 11) is 0. The summed E-state index contributed by atoms with van der Waals surface area (Å²) in [6, 6.07) is 8.44. The molecule has 0 saturated heterocycles. The van der Waals surface area contributed by atoms with E-state index in [1.807, 2.05) is 6.92 Å². The Kier molecular flexibility index (Phi) is 2.41. The second-order valence-electron chi connectivity index (χ2n) is 4.48. The fourth-order valence-electron chi connectivity index (χ4n) is 2.23. The third-order valence-electron chi connectivity index (χ3n) is 3.14. The van der Waals surface area contributed by atoms with Crippen LogP contribution in [-0.4, -0.2) is 16.7 Å². The average Bonchev–Trinajstić information content (AvgIpc) is 2.88. The molecular weight excluding hydrogens is 244 g/mol. The standard InChI is InChI=1S/C14H12N2O3/c1-8-5-6-9(19-8)7-16-13(17)10-3-2-4-11(15)12(10)14(16)18/h2-6H,7,15H2,1H3. The predicted molar refractivity (Wildman–Crippen MR) is 68.5 cm³/mol. The van der Waals surface area contributed by atoms with Gasteiger partial charge in [-0.15, -0.1) is 0 Å². The number of nitrogen functional groups attached to an aromatic ring is 1. The highest BCUT2D eigenvalue weighted by Crippen LogP contribution is 2.28. The molecule has 0 bridgehead atoms. The van der Waals surface area contributed by atoms with Crippen LogP contribution >= 0.6 is 0 Å². The second kappa shape index (κ2) is 3.98. The SMILES string of the molecule is Cc1ccc(CN2C(=O)c3cccc(N)c3C2=O)o1. The summed E-state index contributed by atoms with van der Waals surface area (Å²) >= 11 is 0. The third-order valence-corrected chi connectivity index (χ3v) is 3.14. The van der Waals surface area contributed by atoms with Crippen LogP contribution in [0.3, 0.4) is 0 Å². The van der Waals surface area contributed by atoms with Crippen molar-refractivity contribution in [3.63, 3.8) is 0 Å². The van der Waals surface area contributed by atoms with Gasteiger partial charge in [0.05, 0.1) is 17.7 Å². The van der Waals surface area contributed by atoms with Crippen LogP contribution < -0.4 is 5.73 Å². The summed E-state index contributed by atoms with van der Waals surface area (Å²) in [5.74, 6) is 0.616. The van der Waals surface area contributed by atoms with Crippen LogP contribution in [0.1, 0.15) is 32.2 Å². The van der Waals surface area contributed by atoms with Gasteiger partial charge < -0.3 is 10.2 Å². The number of nitrogens with zero attached hydrogens (tertiary/aromatic N) is 1. The minimum Gasteiger partial charge on any atom is -0.464 e. The van der Waals surface area contributed by atoms with Gasteiger partial charge in [0.25, 0.3) is 11.8 Å². The van der Waals surface area contributed by atoms with Gasteiger partial charge in [0, 0.05) is 5.69 Å². The van der Waals surface area contributed by atoms with Crippen LogP contribution in [0.5, 0.6) is 0 Å². The van der Waals surface area contributed by atoms with Gasteiger partial charge >= 0.3 is 0 Å². The lowest BCUT2D eigenvalue weighted by molar-refractivity contribution is 0.0631. The van der Waals surface area contributed by atoms with E-state index in [9.17, 15) is 9.59 Å². The number of aryl methyl sites for hydroxylation is 1. The molecule has 96 valence electrons. The number of amides is 2. The number of carbonyl (C=O) groups is 2. The summed E-state index contributed by atoms with van der Waals surface area (Å²) in [5, 5.41) is 0. The Morgan fingerprint density at radius 2 is 1.95 bits per heavy atom. The number of hydrogen-bond acceptors (Lipinski definition) is 4. The van der Waals surface area contributed by atoms with E-state index in [0.29, 0.717) is 17.0 Å². The van der Waals surface area contributed by atoms with E-state index in [2.05, 4.69) is 0 Å². The van der Waals surface area contributed by atoms with E-state index in [1.165, 1.54) is 0 Å². The van der Waals surface area contributed by atoms with Crippen molar-refractivity contribution in [3.05, 3.63) is 53.0 Å². The summed E-state index contributed by atoms with van der Waals surface area (Å²) in [6.45, 7) is 1.93. The van der Waals surface area contributed by atoms with Crippen molar-refractivity contribution in [2.24, 2.45) is 0 Å². The zero-order chi connectivity index (χ0) is 13.6. The molecule has 0 aliphatic carbocycles. The number of hydrogen-bond donors (Lipinski definition) is 1. The number of furan rings is 1. The van der Waals surface area contributed by atoms with Gasteiger partial charge in [-0.25, -0.2) is 0 Å². The molecule has 0 radical (unpaired) electrons. The van der Waals surface area contributed by atoms with Crippen molar-refractivity contribution < 1.29 is 14.0 Å². The molecule has 0 fully saturated rings. The van der Waals surface area contributed by atoms with Crippen molar-refractivity contribution in [1.82, 2.24) is 4.90 Å². The highest BCUT2D eigenvalue weighted by Gasteiger charge is 2.37. The normalized spacial score (nSPS) is 14.1. The Bertz CT molecular complexity index is 688. The Labute approximate surface area is 109 Å². The lowest BCUT2D eigenvalue weighted by Crippen LogP contribution is -2.29. The zero-order valence-corrected chi connectivity index (χ0v) is 10.3. The lowest BCUT2D eigenvalue weighted by Gasteiger charge is -2.11. The maximum absolute atomic E-state index is 12.2. The van der Waals surface area contributed by atoms with Crippen molar-refractivity contribution in [1.29, 1.82) is 0 Å². The third kappa shape index (κ3) is 1.71. The zero-order valence-electron chi connectivity index (χ0n) is 10.3. The summed E-state index contributed by atoms with van der Waals surface area (Å²) in [4.78, 5) is 25.6. The van der Waals surface area contributed by atoms with Crippen molar-refractivity contribution >= 4 is 17.5 Å². The maximum atomic E-state index is 12.2. The molecule has 2 amide bonds. The molecule has 2 N–H and O–H groups in total. The molecule has 1 aromatic carbocycles. The van der Waals surface area contributed by atoms with E-state index < -0.39 is 0 Å². The number of imide groups is 1. The number of fused-ring (bicyclic) bond motifs is 1. The van der Waals surface area contributed by atoms with Crippen LogP contribution in [-0.2, 0) is 6.54 Å². The molecule has 5 nitrogen and oxygen atoms in total. The molecule has 1 aliphatic rings. The molecule has 1 aromatic heterocycles. The highest BCUT2D eigenvalue weighted by atomic mass is 16.3. The summed E-state index contributed by atoms with van der Waals surface area (Å²) in [5.41, 5.74) is 6.73. The molecule has 0 atom stereocenters. The maximum Gasteiger partial charge on any atom is 0.264 e. The minimum absolute atomic E-state index is 0.125. The van der Waals surface area contributed by atoms with Gasteiger partial charge in [0.1, 0.15) is 11.5 Å². The first kappa shape index (κ1) is 11.5. The molecule has 3 rings (SSSR count). The molecule has 2 aromatic rings. The van der Waals surface area contributed by atoms with Crippen molar-refractivity contribution in [3.8, 4) is 0 Å². The van der Waals surface area contributed by atoms with Gasteiger partial charge in [0.15, 0.2) is 0 Å². The lowest BCUT2D eigenvalue weighted by atomic mass is 10.1. The monoisotopic (exact) mass is 256 g/mol. The Hall–Kier alpha value is -2.56. The molecule has 2 heterocycles. The van der Waals surface area contributed by atoms with E-state index >= 15 is 0 Å². The van der Waals surface area contributed by atoms with Gasteiger partial charge in [-0.1, -0.05) is 6.07 Å². The average molecular weight is 256 g/mol. The van der Waals surface area contributed by atoms with Crippen LogP contribution in [0.15, 0.2) is 34.7 Å². The van der Waals surface area contributed by atoms with E-state index in [-0.39, 0.29) is 23.9 Å². The number of benzene rings is 1. The van der Waals surface area contributed by atoms with Crippen LogP contribution in [0.25, 0.3) is 0 Å². The largest absolute Gasteiger partial charge is 0.464 e. The number of rotatable bonds is 2. The first-order valence-corrected chi connectivity index (χ1v) is 5.88. The quantitative estimate of drug-likeness (QED) is 0.658. The molecule has 19 heavy (non-hydrogen) atoms. The van der Waals surface area contributed by atoms with Crippen LogP contribution in [0, 0.1) is 6.92 Å². The minimum atomic E-state index is -0.368. The molecular formula is C14H12N2O3. The molecule has 5 heteroatoms. The highest BCUT2D eigenvalue weighted by molar-refractivity contribution is 6.23. The van der Waals surface area contributed by atoms with E-state index in [4.69, 9.17) is 10.2 Å². The first-order valence-electron chi connectivity index (χ1n) is 5.88. The number of nitrogens with two attached hydrogens (primary N) is 1. The van der Waals surface area contributed by atoms with Gasteiger partial charge in [0.2, 0.25) is 0 Å². The van der Waals surface area contributed by atoms with Gasteiger partial charge in [-0.3, -0.25) is 14.5 Å². The first-order chi connectivity index (χ1) is 9.08. The van der Waals surface area contributed by atoms with Gasteiger partial charge in [-0.05, 0) is 31.2 Å². The van der Waals surface area contributed by atoms with Crippen molar-refractivity contribution in [2.75, 3.05) is 5.73 Å². The second-order valence-corrected chi connectivity index (χ2v) is 4.48. The molecule has 0 spiro atoms. The van der Waals surface area contributed by atoms with E-state index in [1.54, 1.807) is 30.3 Å². The summed E-state index contributed by atoms with van der Waals surface area (Å²) < 4.78 is 5.39. The molecule has 0 unspecified atom stereocenters. The molecule has 0 saturated carbocycles. The smallest absolute Gasteiger partial charge is 0.264 e. The Morgan fingerprint density at radius 3 is 2.58 bits per heavy atom. The van der Waals surface area contributed by atoms with Crippen LogP contribution in [0.4, 0.5) is 5.69 Å². The number of anilines is 1.